The SMILES string of the molecule is NC1(C(=O)Nc2nc3ccccc3nc2Cl)CCOC1. The van der Waals surface area contributed by atoms with Gasteiger partial charge >= 0.3 is 0 Å². The van der Waals surface area contributed by atoms with Crippen LogP contribution in [0.5, 0.6) is 0 Å². The van der Waals surface area contributed by atoms with Gasteiger partial charge in [0.15, 0.2) is 11.0 Å². The van der Waals surface area contributed by atoms with Crippen molar-refractivity contribution in [3.63, 3.8) is 0 Å². The van der Waals surface area contributed by atoms with E-state index in [1.165, 1.54) is 0 Å². The Bertz CT molecular complexity index is 670. The number of anilines is 1. The van der Waals surface area contributed by atoms with Crippen LogP contribution >= 0.6 is 11.6 Å². The highest BCUT2D eigenvalue weighted by Gasteiger charge is 2.38. The first-order chi connectivity index (χ1) is 9.58. The van der Waals surface area contributed by atoms with E-state index >= 15 is 0 Å². The van der Waals surface area contributed by atoms with Crippen LogP contribution < -0.4 is 11.1 Å². The number of nitrogens with zero attached hydrogens (tertiary/aromatic N) is 2. The van der Waals surface area contributed by atoms with Crippen molar-refractivity contribution in [1.82, 2.24) is 9.97 Å². The number of hydrogen-bond acceptors (Lipinski definition) is 5. The summed E-state index contributed by atoms with van der Waals surface area (Å²) in [7, 11) is 0. The second kappa shape index (κ2) is 4.97. The van der Waals surface area contributed by atoms with Crippen LogP contribution in [0.1, 0.15) is 6.42 Å². The van der Waals surface area contributed by atoms with Crippen molar-refractivity contribution in [3.05, 3.63) is 29.4 Å². The highest BCUT2D eigenvalue weighted by Crippen LogP contribution is 2.23. The van der Waals surface area contributed by atoms with E-state index < -0.39 is 5.54 Å². The van der Waals surface area contributed by atoms with E-state index in [1.54, 1.807) is 12.1 Å². The number of carbonyl (C=O) groups is 1. The number of rotatable bonds is 2. The minimum Gasteiger partial charge on any atom is -0.379 e. The van der Waals surface area contributed by atoms with E-state index in [0.717, 1.165) is 0 Å². The van der Waals surface area contributed by atoms with Gasteiger partial charge in [0.1, 0.15) is 5.54 Å². The van der Waals surface area contributed by atoms with Gasteiger partial charge in [-0.15, -0.1) is 0 Å². The number of amides is 1. The number of para-hydroxylation sites is 2. The van der Waals surface area contributed by atoms with Crippen LogP contribution in [0.3, 0.4) is 0 Å². The first-order valence-electron chi connectivity index (χ1n) is 6.19. The van der Waals surface area contributed by atoms with Gasteiger partial charge in [-0.2, -0.15) is 0 Å². The third kappa shape index (κ3) is 2.33. The molecule has 3 rings (SSSR count). The summed E-state index contributed by atoms with van der Waals surface area (Å²) in [5.41, 5.74) is 6.28. The average Bonchev–Trinajstić information content (AvgIpc) is 2.88. The molecule has 2 heterocycles. The molecule has 1 aromatic heterocycles. The number of carbonyl (C=O) groups excluding carboxylic acids is 1. The Morgan fingerprint density at radius 3 is 2.70 bits per heavy atom. The predicted octanol–water partition coefficient (Wildman–Crippen LogP) is 1.34. The second-order valence-electron chi connectivity index (χ2n) is 4.76. The standard InChI is InChI=1S/C13H13ClN4O2/c14-10-11(17-9-4-2-1-3-8(9)16-10)18-12(19)13(15)5-6-20-7-13/h1-4H,5-7,15H2,(H,17,18,19). The van der Waals surface area contributed by atoms with Crippen molar-refractivity contribution < 1.29 is 9.53 Å². The molecule has 0 spiro atoms. The van der Waals surface area contributed by atoms with E-state index in [-0.39, 0.29) is 23.5 Å². The molecular formula is C13H13ClN4O2. The number of fused-ring (bicyclic) bond motifs is 1. The Balaban J connectivity index is 1.90. The number of hydrogen-bond donors (Lipinski definition) is 2. The first kappa shape index (κ1) is 13.2. The van der Waals surface area contributed by atoms with Crippen LogP contribution in [-0.2, 0) is 9.53 Å². The van der Waals surface area contributed by atoms with E-state index in [9.17, 15) is 4.79 Å². The molecule has 0 radical (unpaired) electrons. The fourth-order valence-electron chi connectivity index (χ4n) is 2.05. The maximum atomic E-state index is 12.2. The zero-order chi connectivity index (χ0) is 14.2. The minimum absolute atomic E-state index is 0.138. The highest BCUT2D eigenvalue weighted by atomic mass is 35.5. The molecule has 3 N–H and O–H groups in total. The average molecular weight is 293 g/mol. The van der Waals surface area contributed by atoms with E-state index in [0.29, 0.717) is 24.1 Å². The van der Waals surface area contributed by atoms with Crippen molar-refractivity contribution in [1.29, 1.82) is 0 Å². The molecule has 1 aromatic carbocycles. The molecule has 104 valence electrons. The summed E-state index contributed by atoms with van der Waals surface area (Å²) >= 11 is 6.04. The minimum atomic E-state index is -1.03. The summed E-state index contributed by atoms with van der Waals surface area (Å²) in [6.07, 6.45) is 0.470. The van der Waals surface area contributed by atoms with Crippen LogP contribution in [0.4, 0.5) is 5.82 Å². The zero-order valence-electron chi connectivity index (χ0n) is 10.6. The molecule has 1 fully saturated rings. The first-order valence-corrected chi connectivity index (χ1v) is 6.57. The van der Waals surface area contributed by atoms with Crippen molar-refractivity contribution >= 4 is 34.4 Å². The Labute approximate surface area is 120 Å². The smallest absolute Gasteiger partial charge is 0.248 e. The van der Waals surface area contributed by atoms with Crippen LogP contribution in [0, 0.1) is 0 Å². The molecule has 2 aromatic rings. The molecule has 1 amide bonds. The maximum Gasteiger partial charge on any atom is 0.248 e. The highest BCUT2D eigenvalue weighted by molar-refractivity contribution is 6.32. The van der Waals surface area contributed by atoms with Gasteiger partial charge in [0.2, 0.25) is 5.91 Å². The van der Waals surface area contributed by atoms with Crippen molar-refractivity contribution in [2.24, 2.45) is 5.73 Å². The molecule has 1 atom stereocenters. The molecule has 0 bridgehead atoms. The molecule has 20 heavy (non-hydrogen) atoms. The molecule has 1 unspecified atom stereocenters. The lowest BCUT2D eigenvalue weighted by Gasteiger charge is -2.20. The molecule has 7 heteroatoms. The lowest BCUT2D eigenvalue weighted by molar-refractivity contribution is -0.121. The molecule has 1 saturated heterocycles. The van der Waals surface area contributed by atoms with Gasteiger partial charge in [-0.3, -0.25) is 4.79 Å². The Kier molecular flexibility index (Phi) is 3.29. The number of nitrogens with one attached hydrogen (secondary N) is 1. The van der Waals surface area contributed by atoms with Gasteiger partial charge in [-0.1, -0.05) is 23.7 Å². The quantitative estimate of drug-likeness (QED) is 0.872. The molecule has 6 nitrogen and oxygen atoms in total. The lowest BCUT2D eigenvalue weighted by Crippen LogP contribution is -2.51. The lowest BCUT2D eigenvalue weighted by atomic mass is 9.99. The molecular weight excluding hydrogens is 280 g/mol. The summed E-state index contributed by atoms with van der Waals surface area (Å²) in [6, 6.07) is 7.28. The zero-order valence-corrected chi connectivity index (χ0v) is 11.4. The number of benzene rings is 1. The number of halogens is 1. The Hall–Kier alpha value is -1.76. The monoisotopic (exact) mass is 292 g/mol. The summed E-state index contributed by atoms with van der Waals surface area (Å²) in [6.45, 7) is 0.665. The summed E-state index contributed by atoms with van der Waals surface area (Å²) < 4.78 is 5.16. The van der Waals surface area contributed by atoms with Crippen LogP contribution in [0.15, 0.2) is 24.3 Å². The summed E-state index contributed by atoms with van der Waals surface area (Å²) in [4.78, 5) is 20.7. The molecule has 0 saturated carbocycles. The second-order valence-corrected chi connectivity index (χ2v) is 5.12. The third-order valence-electron chi connectivity index (χ3n) is 3.26. The summed E-state index contributed by atoms with van der Waals surface area (Å²) in [5, 5.41) is 2.77. The van der Waals surface area contributed by atoms with Crippen LogP contribution in [0.25, 0.3) is 11.0 Å². The van der Waals surface area contributed by atoms with E-state index in [1.807, 2.05) is 12.1 Å². The van der Waals surface area contributed by atoms with E-state index in [2.05, 4.69) is 15.3 Å². The summed E-state index contributed by atoms with van der Waals surface area (Å²) in [5.74, 6) is -0.145. The van der Waals surface area contributed by atoms with Gasteiger partial charge in [-0.25, -0.2) is 9.97 Å². The normalized spacial score (nSPS) is 22.1. The topological polar surface area (TPSA) is 90.1 Å². The Morgan fingerprint density at radius 1 is 1.35 bits per heavy atom. The third-order valence-corrected chi connectivity index (χ3v) is 3.53. The molecule has 0 aliphatic carbocycles. The maximum absolute atomic E-state index is 12.2. The van der Waals surface area contributed by atoms with Gasteiger partial charge in [-0.05, 0) is 18.6 Å². The predicted molar refractivity (Wildman–Crippen MR) is 75.5 cm³/mol. The molecule has 1 aliphatic heterocycles. The molecule has 1 aliphatic rings. The van der Waals surface area contributed by atoms with Gasteiger partial charge in [0.05, 0.1) is 17.6 Å². The van der Waals surface area contributed by atoms with Crippen LogP contribution in [-0.4, -0.2) is 34.6 Å². The number of ether oxygens (including phenoxy) is 1. The van der Waals surface area contributed by atoms with Crippen molar-refractivity contribution in [2.45, 2.75) is 12.0 Å². The van der Waals surface area contributed by atoms with Crippen molar-refractivity contribution in [3.8, 4) is 0 Å². The van der Waals surface area contributed by atoms with Gasteiger partial charge < -0.3 is 15.8 Å². The fourth-order valence-corrected chi connectivity index (χ4v) is 2.23. The van der Waals surface area contributed by atoms with Gasteiger partial charge in [0, 0.05) is 6.61 Å². The van der Waals surface area contributed by atoms with E-state index in [4.69, 9.17) is 22.1 Å². The van der Waals surface area contributed by atoms with Gasteiger partial charge in [0.25, 0.3) is 0 Å². The Morgan fingerprint density at radius 2 is 2.05 bits per heavy atom. The fraction of sp³-hybridized carbons (Fsp3) is 0.308. The van der Waals surface area contributed by atoms with Crippen molar-refractivity contribution in [2.75, 3.05) is 18.5 Å². The number of aromatic nitrogens is 2. The number of nitrogens with two attached hydrogens (primary N) is 1. The largest absolute Gasteiger partial charge is 0.379 e. The van der Waals surface area contributed by atoms with Crippen LogP contribution in [0.2, 0.25) is 5.15 Å².